The van der Waals surface area contributed by atoms with E-state index in [0.717, 1.165) is 17.5 Å². The number of ether oxygens (including phenoxy) is 3. The van der Waals surface area contributed by atoms with Crippen LogP contribution in [0.4, 0.5) is 0 Å². The highest BCUT2D eigenvalue weighted by Crippen LogP contribution is 2.36. The average Bonchev–Trinajstić information content (AvgIpc) is 2.81. The van der Waals surface area contributed by atoms with Crippen LogP contribution in [0.1, 0.15) is 34.1 Å². The normalized spacial score (nSPS) is 10.4. The molecule has 6 heteroatoms. The summed E-state index contributed by atoms with van der Waals surface area (Å²) in [7, 11) is 1.46. The van der Waals surface area contributed by atoms with Gasteiger partial charge in [0, 0.05) is 5.56 Å². The molecule has 0 amide bonds. The van der Waals surface area contributed by atoms with Crippen molar-refractivity contribution in [3.05, 3.63) is 82.9 Å². The second-order valence-corrected chi connectivity index (χ2v) is 7.19. The third kappa shape index (κ3) is 5.64. The monoisotopic (exact) mass is 438 g/mol. The molecule has 0 aliphatic heterocycles. The molecule has 31 heavy (non-hydrogen) atoms. The van der Waals surface area contributed by atoms with Crippen LogP contribution in [-0.2, 0) is 4.74 Å². The van der Waals surface area contributed by atoms with E-state index in [0.29, 0.717) is 23.7 Å². The van der Waals surface area contributed by atoms with Crippen molar-refractivity contribution in [3.8, 4) is 22.6 Å². The van der Waals surface area contributed by atoms with Crippen LogP contribution in [-0.4, -0.2) is 32.1 Å². The summed E-state index contributed by atoms with van der Waals surface area (Å²) in [5, 5.41) is 0.238. The lowest BCUT2D eigenvalue weighted by atomic mass is 10.0. The Balaban J connectivity index is 1.65. The van der Waals surface area contributed by atoms with Crippen molar-refractivity contribution >= 4 is 23.4 Å². The number of halogens is 1. The van der Waals surface area contributed by atoms with Gasteiger partial charge >= 0.3 is 5.97 Å². The molecular weight excluding hydrogens is 416 g/mol. The molecule has 0 atom stereocenters. The maximum absolute atomic E-state index is 12.4. The van der Waals surface area contributed by atoms with E-state index in [2.05, 4.69) is 0 Å². The molecule has 0 unspecified atom stereocenters. The number of carbonyl (C=O) groups excluding carboxylic acids is 2. The molecule has 5 nitrogen and oxygen atoms in total. The first-order chi connectivity index (χ1) is 15.0. The molecule has 0 aliphatic rings. The van der Waals surface area contributed by atoms with Gasteiger partial charge in [0.1, 0.15) is 0 Å². The van der Waals surface area contributed by atoms with Gasteiger partial charge in [0.2, 0.25) is 0 Å². The van der Waals surface area contributed by atoms with E-state index in [4.69, 9.17) is 25.8 Å². The molecule has 0 radical (unpaired) electrons. The molecule has 3 rings (SSSR count). The van der Waals surface area contributed by atoms with Gasteiger partial charge in [0.15, 0.2) is 23.9 Å². The number of rotatable bonds is 9. The Morgan fingerprint density at radius 3 is 2.23 bits per heavy atom. The SMILES string of the molecule is CCCOc1c(Cl)cc(C(=O)OCC(=O)c2ccc(-c3ccccc3)cc2)cc1OC. The predicted molar refractivity (Wildman–Crippen MR) is 120 cm³/mol. The highest BCUT2D eigenvalue weighted by molar-refractivity contribution is 6.32. The Hall–Kier alpha value is -3.31. The maximum atomic E-state index is 12.4. The Kier molecular flexibility index (Phi) is 7.68. The van der Waals surface area contributed by atoms with E-state index in [1.165, 1.54) is 19.2 Å². The number of methoxy groups -OCH3 is 1. The van der Waals surface area contributed by atoms with E-state index in [1.54, 1.807) is 12.1 Å². The summed E-state index contributed by atoms with van der Waals surface area (Å²) in [4.78, 5) is 24.9. The van der Waals surface area contributed by atoms with Crippen molar-refractivity contribution in [1.29, 1.82) is 0 Å². The summed E-state index contributed by atoms with van der Waals surface area (Å²) >= 11 is 6.24. The van der Waals surface area contributed by atoms with Gasteiger partial charge in [0.25, 0.3) is 0 Å². The van der Waals surface area contributed by atoms with Gasteiger partial charge in [-0.2, -0.15) is 0 Å². The third-order valence-corrected chi connectivity index (χ3v) is 4.84. The van der Waals surface area contributed by atoms with Crippen molar-refractivity contribution in [2.24, 2.45) is 0 Å². The van der Waals surface area contributed by atoms with Crippen LogP contribution in [0.25, 0.3) is 11.1 Å². The van der Waals surface area contributed by atoms with E-state index >= 15 is 0 Å². The van der Waals surface area contributed by atoms with Gasteiger partial charge in [-0.25, -0.2) is 4.79 Å². The minimum Gasteiger partial charge on any atom is -0.493 e. The number of carbonyl (C=O) groups is 2. The molecule has 0 saturated heterocycles. The van der Waals surface area contributed by atoms with E-state index in [9.17, 15) is 9.59 Å². The molecule has 0 aliphatic carbocycles. The summed E-state index contributed by atoms with van der Waals surface area (Å²) in [6, 6.07) is 20.0. The quantitative estimate of drug-likeness (QED) is 0.310. The first kappa shape index (κ1) is 22.4. The van der Waals surface area contributed by atoms with Gasteiger partial charge in [-0.3, -0.25) is 4.79 Å². The predicted octanol–water partition coefficient (Wildman–Crippen LogP) is 5.84. The summed E-state index contributed by atoms with van der Waals surface area (Å²) in [6.07, 6.45) is 0.803. The van der Waals surface area contributed by atoms with Gasteiger partial charge in [0.05, 0.1) is 24.3 Å². The lowest BCUT2D eigenvalue weighted by Crippen LogP contribution is -2.14. The topological polar surface area (TPSA) is 61.8 Å². The summed E-state index contributed by atoms with van der Waals surface area (Å²) < 4.78 is 16.0. The zero-order valence-corrected chi connectivity index (χ0v) is 18.1. The zero-order valence-electron chi connectivity index (χ0n) is 17.4. The van der Waals surface area contributed by atoms with Crippen molar-refractivity contribution in [2.45, 2.75) is 13.3 Å². The first-order valence-electron chi connectivity index (χ1n) is 9.89. The van der Waals surface area contributed by atoms with Gasteiger partial charge in [-0.15, -0.1) is 0 Å². The second-order valence-electron chi connectivity index (χ2n) is 6.78. The van der Waals surface area contributed by atoms with E-state index in [-0.39, 0.29) is 23.0 Å². The molecule has 0 saturated carbocycles. The summed E-state index contributed by atoms with van der Waals surface area (Å²) in [5.74, 6) is -0.265. The maximum Gasteiger partial charge on any atom is 0.338 e. The molecular formula is C25H23ClO5. The van der Waals surface area contributed by atoms with Crippen LogP contribution in [0.2, 0.25) is 5.02 Å². The minimum atomic E-state index is -0.670. The van der Waals surface area contributed by atoms with Crippen LogP contribution < -0.4 is 9.47 Å². The minimum absolute atomic E-state index is 0.179. The fraction of sp³-hybridized carbons (Fsp3) is 0.200. The molecule has 0 heterocycles. The number of hydrogen-bond acceptors (Lipinski definition) is 5. The van der Waals surface area contributed by atoms with Gasteiger partial charge in [-0.05, 0) is 29.7 Å². The molecule has 3 aromatic rings. The van der Waals surface area contributed by atoms with Gasteiger partial charge < -0.3 is 14.2 Å². The van der Waals surface area contributed by atoms with Crippen molar-refractivity contribution in [1.82, 2.24) is 0 Å². The molecule has 0 fully saturated rings. The molecule has 0 aromatic heterocycles. The van der Waals surface area contributed by atoms with Crippen LogP contribution in [0.5, 0.6) is 11.5 Å². The fourth-order valence-corrected chi connectivity index (χ4v) is 3.22. The average molecular weight is 439 g/mol. The van der Waals surface area contributed by atoms with Crippen LogP contribution in [0.15, 0.2) is 66.7 Å². The van der Waals surface area contributed by atoms with Gasteiger partial charge in [-0.1, -0.05) is 73.1 Å². The zero-order chi connectivity index (χ0) is 22.2. The number of esters is 1. The van der Waals surface area contributed by atoms with Crippen LogP contribution in [0.3, 0.4) is 0 Å². The summed E-state index contributed by atoms with van der Waals surface area (Å²) in [6.45, 7) is 2.06. The van der Waals surface area contributed by atoms with E-state index in [1.807, 2.05) is 49.4 Å². The lowest BCUT2D eigenvalue weighted by molar-refractivity contribution is 0.0474. The lowest BCUT2D eigenvalue weighted by Gasteiger charge is -2.13. The molecule has 160 valence electrons. The number of hydrogen-bond donors (Lipinski definition) is 0. The Labute approximate surface area is 186 Å². The van der Waals surface area contributed by atoms with Crippen molar-refractivity contribution in [3.63, 3.8) is 0 Å². The standard InChI is InChI=1S/C25H23ClO5/c1-3-13-30-24-21(26)14-20(15-23(24)29-2)25(28)31-16-22(27)19-11-9-18(10-12-19)17-7-5-4-6-8-17/h4-12,14-15H,3,13,16H2,1-2H3. The van der Waals surface area contributed by atoms with Crippen LogP contribution in [0, 0.1) is 0 Å². The number of Topliss-reactive ketones (excluding diaryl/α,β-unsaturated/α-hetero) is 1. The Morgan fingerprint density at radius 1 is 0.903 bits per heavy atom. The third-order valence-electron chi connectivity index (χ3n) is 4.56. The molecule has 0 N–H and O–H groups in total. The van der Waals surface area contributed by atoms with Crippen molar-refractivity contribution in [2.75, 3.05) is 20.3 Å². The smallest absolute Gasteiger partial charge is 0.338 e. The molecule has 0 spiro atoms. The number of benzene rings is 3. The second kappa shape index (κ2) is 10.6. The van der Waals surface area contributed by atoms with E-state index < -0.39 is 5.97 Å². The fourth-order valence-electron chi connectivity index (χ4n) is 2.96. The van der Waals surface area contributed by atoms with Crippen LogP contribution >= 0.6 is 11.6 Å². The Bertz CT molecular complexity index is 1050. The highest BCUT2D eigenvalue weighted by atomic mass is 35.5. The Morgan fingerprint density at radius 2 is 1.58 bits per heavy atom. The number of ketones is 1. The van der Waals surface area contributed by atoms with Crippen molar-refractivity contribution < 1.29 is 23.8 Å². The molecule has 3 aromatic carbocycles. The molecule has 0 bridgehead atoms. The first-order valence-corrected chi connectivity index (χ1v) is 10.3. The highest BCUT2D eigenvalue weighted by Gasteiger charge is 2.18. The summed E-state index contributed by atoms with van der Waals surface area (Å²) in [5.41, 5.74) is 2.70. The largest absolute Gasteiger partial charge is 0.493 e.